The molecule has 1 aliphatic heterocycles. The number of para-hydroxylation sites is 1. The Morgan fingerprint density at radius 2 is 1.92 bits per heavy atom. The van der Waals surface area contributed by atoms with E-state index in [1.54, 1.807) is 0 Å². The van der Waals surface area contributed by atoms with Crippen molar-refractivity contribution in [2.24, 2.45) is 5.92 Å². The lowest BCUT2D eigenvalue weighted by atomic mass is 9.93. The van der Waals surface area contributed by atoms with Gasteiger partial charge in [-0.25, -0.2) is 0 Å². The number of fused-ring (bicyclic) bond motifs is 1. The zero-order valence-corrected chi connectivity index (χ0v) is 15.0. The Kier molecular flexibility index (Phi) is 4.09. The molecule has 1 amide bonds. The summed E-state index contributed by atoms with van der Waals surface area (Å²) in [6.07, 6.45) is 2.83. The number of ether oxygens (including phenoxy) is 1. The topological polar surface area (TPSA) is 38.3 Å². The van der Waals surface area contributed by atoms with E-state index in [4.69, 9.17) is 4.74 Å². The monoisotopic (exact) mass is 385 g/mol. The number of carbonyl (C=O) groups excluding carboxylic acids is 1. The minimum atomic E-state index is -0.311. The van der Waals surface area contributed by atoms with Crippen LogP contribution in [0.1, 0.15) is 24.0 Å². The average molecular weight is 386 g/mol. The van der Waals surface area contributed by atoms with Gasteiger partial charge in [-0.15, -0.1) is 0 Å². The van der Waals surface area contributed by atoms with Gasteiger partial charge in [0.2, 0.25) is 5.91 Å². The molecule has 0 spiro atoms. The Labute approximate surface area is 150 Å². The molecule has 4 rings (SSSR count). The summed E-state index contributed by atoms with van der Waals surface area (Å²) < 4.78 is 6.85. The first-order valence-electron chi connectivity index (χ1n) is 8.42. The number of carbonyl (C=O) groups is 1. The number of benzene rings is 2. The van der Waals surface area contributed by atoms with Crippen molar-refractivity contribution in [3.05, 3.63) is 64.1 Å². The van der Waals surface area contributed by atoms with Gasteiger partial charge in [-0.1, -0.05) is 46.3 Å². The summed E-state index contributed by atoms with van der Waals surface area (Å²) in [5, 5.41) is 3.17. The van der Waals surface area contributed by atoms with Crippen molar-refractivity contribution in [1.29, 1.82) is 0 Å². The van der Waals surface area contributed by atoms with Crippen molar-refractivity contribution in [3.63, 3.8) is 0 Å². The third-order valence-electron chi connectivity index (χ3n) is 5.09. The Bertz CT molecular complexity index is 752. The van der Waals surface area contributed by atoms with Gasteiger partial charge >= 0.3 is 0 Å². The maximum absolute atomic E-state index is 12.7. The van der Waals surface area contributed by atoms with Gasteiger partial charge in [0, 0.05) is 16.9 Å². The van der Waals surface area contributed by atoms with Crippen molar-refractivity contribution >= 4 is 21.8 Å². The molecule has 3 nitrogen and oxygen atoms in total. The molecular formula is C20H20BrNO2. The highest BCUT2D eigenvalue weighted by molar-refractivity contribution is 9.10. The van der Waals surface area contributed by atoms with E-state index in [0.29, 0.717) is 19.1 Å². The molecule has 0 bridgehead atoms. The van der Waals surface area contributed by atoms with Crippen LogP contribution in [0.15, 0.2) is 53.0 Å². The van der Waals surface area contributed by atoms with Crippen molar-refractivity contribution in [2.75, 3.05) is 13.2 Å². The first-order valence-corrected chi connectivity index (χ1v) is 9.22. The maximum Gasteiger partial charge on any atom is 0.230 e. The molecule has 2 aromatic rings. The fourth-order valence-electron chi connectivity index (χ4n) is 3.47. The molecule has 1 heterocycles. The fraction of sp³-hybridized carbons (Fsp3) is 0.350. The molecule has 124 valence electrons. The van der Waals surface area contributed by atoms with Gasteiger partial charge in [0.15, 0.2) is 0 Å². The summed E-state index contributed by atoms with van der Waals surface area (Å²) >= 11 is 3.45. The fourth-order valence-corrected chi connectivity index (χ4v) is 3.73. The Hall–Kier alpha value is -1.81. The molecular weight excluding hydrogens is 366 g/mol. The predicted octanol–water partition coefficient (Wildman–Crippen LogP) is 3.85. The van der Waals surface area contributed by atoms with Gasteiger partial charge in [-0.2, -0.15) is 0 Å². The molecule has 0 radical (unpaired) electrons. The number of hydrogen-bond donors (Lipinski definition) is 1. The Balaban J connectivity index is 1.38. The Morgan fingerprint density at radius 1 is 1.17 bits per heavy atom. The second kappa shape index (κ2) is 6.25. The third-order valence-corrected chi connectivity index (χ3v) is 5.62. The lowest BCUT2D eigenvalue weighted by Crippen LogP contribution is -2.40. The first kappa shape index (κ1) is 15.7. The molecule has 1 fully saturated rings. The van der Waals surface area contributed by atoms with Gasteiger partial charge in [0.1, 0.15) is 5.75 Å². The van der Waals surface area contributed by atoms with Crippen LogP contribution < -0.4 is 10.1 Å². The van der Waals surface area contributed by atoms with Crippen LogP contribution in [0, 0.1) is 5.92 Å². The first-order chi connectivity index (χ1) is 11.7. The van der Waals surface area contributed by atoms with E-state index >= 15 is 0 Å². The van der Waals surface area contributed by atoms with Gasteiger partial charge in [0.25, 0.3) is 0 Å². The molecule has 1 aliphatic carbocycles. The van der Waals surface area contributed by atoms with Crippen LogP contribution >= 0.6 is 15.9 Å². The maximum atomic E-state index is 12.7. The number of rotatable bonds is 4. The van der Waals surface area contributed by atoms with Gasteiger partial charge in [-0.3, -0.25) is 4.79 Å². The van der Waals surface area contributed by atoms with Crippen molar-refractivity contribution in [1.82, 2.24) is 5.32 Å². The summed E-state index contributed by atoms with van der Waals surface area (Å²) in [6, 6.07) is 16.3. The molecule has 1 N–H and O–H groups in total. The minimum Gasteiger partial charge on any atom is -0.493 e. The zero-order chi connectivity index (χ0) is 16.6. The molecule has 2 aliphatic rings. The van der Waals surface area contributed by atoms with E-state index in [9.17, 15) is 4.79 Å². The second-order valence-corrected chi connectivity index (χ2v) is 7.70. The van der Waals surface area contributed by atoms with E-state index in [1.165, 1.54) is 5.56 Å². The number of hydrogen-bond acceptors (Lipinski definition) is 2. The zero-order valence-electron chi connectivity index (χ0n) is 13.4. The molecule has 1 unspecified atom stereocenters. The molecule has 0 saturated heterocycles. The van der Waals surface area contributed by atoms with Crippen molar-refractivity contribution in [3.8, 4) is 5.75 Å². The van der Waals surface area contributed by atoms with Crippen LogP contribution in [-0.2, 0) is 16.6 Å². The summed E-state index contributed by atoms with van der Waals surface area (Å²) in [7, 11) is 0. The van der Waals surface area contributed by atoms with E-state index < -0.39 is 0 Å². The average Bonchev–Trinajstić information content (AvgIpc) is 3.42. The standard InChI is InChI=1S/C20H20BrNO2/c21-17-7-5-16(6-8-17)20(9-10-20)19(23)22-12-14-11-15-3-1-2-4-18(15)24-13-14/h1-8,14H,9-13H2,(H,22,23). The largest absolute Gasteiger partial charge is 0.493 e. The van der Waals surface area contributed by atoms with E-state index in [2.05, 4.69) is 39.4 Å². The smallest absolute Gasteiger partial charge is 0.230 e. The molecule has 0 aromatic heterocycles. The third kappa shape index (κ3) is 2.95. The van der Waals surface area contributed by atoms with Crippen LogP contribution in [0.5, 0.6) is 5.75 Å². The summed E-state index contributed by atoms with van der Waals surface area (Å²) in [5.41, 5.74) is 2.04. The normalized spacial score (nSPS) is 20.6. The molecule has 2 aromatic carbocycles. The summed E-state index contributed by atoms with van der Waals surface area (Å²) in [6.45, 7) is 1.34. The Morgan fingerprint density at radius 3 is 2.67 bits per heavy atom. The van der Waals surface area contributed by atoms with Gasteiger partial charge < -0.3 is 10.1 Å². The molecule has 4 heteroatoms. The highest BCUT2D eigenvalue weighted by Gasteiger charge is 2.51. The van der Waals surface area contributed by atoms with E-state index in [1.807, 2.05) is 30.3 Å². The highest BCUT2D eigenvalue weighted by Crippen LogP contribution is 2.48. The highest BCUT2D eigenvalue weighted by atomic mass is 79.9. The molecule has 1 atom stereocenters. The van der Waals surface area contributed by atoms with E-state index in [-0.39, 0.29) is 11.3 Å². The lowest BCUT2D eigenvalue weighted by Gasteiger charge is -2.26. The van der Waals surface area contributed by atoms with Crippen molar-refractivity contribution in [2.45, 2.75) is 24.7 Å². The van der Waals surface area contributed by atoms with Crippen molar-refractivity contribution < 1.29 is 9.53 Å². The second-order valence-electron chi connectivity index (χ2n) is 6.79. The number of nitrogens with one attached hydrogen (secondary N) is 1. The van der Waals surface area contributed by atoms with Crippen LogP contribution in [0.3, 0.4) is 0 Å². The predicted molar refractivity (Wildman–Crippen MR) is 97.2 cm³/mol. The van der Waals surface area contributed by atoms with Gasteiger partial charge in [-0.05, 0) is 48.6 Å². The summed E-state index contributed by atoms with van der Waals surface area (Å²) in [4.78, 5) is 12.7. The summed E-state index contributed by atoms with van der Waals surface area (Å²) in [5.74, 6) is 1.47. The minimum absolute atomic E-state index is 0.156. The van der Waals surface area contributed by atoms with Crippen LogP contribution in [0.25, 0.3) is 0 Å². The molecule has 24 heavy (non-hydrogen) atoms. The number of halogens is 1. The van der Waals surface area contributed by atoms with Gasteiger partial charge in [0.05, 0.1) is 12.0 Å². The molecule has 1 saturated carbocycles. The lowest BCUT2D eigenvalue weighted by molar-refractivity contribution is -0.123. The van der Waals surface area contributed by atoms with E-state index in [0.717, 1.165) is 35.0 Å². The van der Waals surface area contributed by atoms with Crippen LogP contribution in [0.4, 0.5) is 0 Å². The quantitative estimate of drug-likeness (QED) is 0.867. The number of amides is 1. The van der Waals surface area contributed by atoms with Crippen LogP contribution in [0.2, 0.25) is 0 Å². The van der Waals surface area contributed by atoms with Crippen LogP contribution in [-0.4, -0.2) is 19.1 Å². The SMILES string of the molecule is O=C(NCC1COc2ccccc2C1)C1(c2ccc(Br)cc2)CC1.